The molecule has 71 heavy (non-hydrogen) atoms. The summed E-state index contributed by atoms with van der Waals surface area (Å²) in [4.78, 5) is 8.96. The molecule has 0 fully saturated rings. The van der Waals surface area contributed by atoms with Crippen LogP contribution in [0.4, 0.5) is 28.4 Å². The number of anilines is 5. The SMILES string of the molecule is Clc1ccccc1-c1ccc(N(c2ccc(-c3ccccc3)cc2)c2ccc(C3(c4ccccc4)C=CC=C(N(c4ccc(-c5ccccc5)cc4)c4ccc(-c5cccnc5)cc4)C=C3)cc2)cc1Cl. The van der Waals surface area contributed by atoms with Gasteiger partial charge in [-0.2, -0.15) is 0 Å². The fourth-order valence-electron chi connectivity index (χ4n) is 9.57. The van der Waals surface area contributed by atoms with Gasteiger partial charge in [0.05, 0.1) is 10.4 Å². The summed E-state index contributed by atoms with van der Waals surface area (Å²) in [5.41, 5.74) is 16.3. The van der Waals surface area contributed by atoms with Crippen molar-refractivity contribution in [3.05, 3.63) is 312 Å². The molecule has 0 aliphatic heterocycles. The molecule has 10 aromatic rings. The van der Waals surface area contributed by atoms with Crippen LogP contribution in [0.25, 0.3) is 44.5 Å². The molecule has 0 amide bonds. The van der Waals surface area contributed by atoms with Crippen LogP contribution in [0.3, 0.4) is 0 Å². The summed E-state index contributed by atoms with van der Waals surface area (Å²) in [6, 6.07) is 85.0. The standard InChI is InChI=1S/C66H47Cl2N3/c67-64-23-11-10-22-62(64)63-41-40-61(46-65(63)68)71(59-34-26-51(27-35-59)49-16-6-2-7-17-49)60-38-30-55(31-39-60)66(54-19-8-3-9-20-54)43-12-21-56(42-44-66)70(57-32-24-50(25-33-57)48-14-4-1-5-15-48)58-36-28-52(29-37-58)53-18-13-45-69-47-53/h1-47H. The molecule has 1 aromatic heterocycles. The number of nitrogens with zero attached hydrogens (tertiary/aromatic N) is 3. The van der Waals surface area contributed by atoms with E-state index in [0.717, 1.165) is 78.6 Å². The Kier molecular flexibility index (Phi) is 12.8. The van der Waals surface area contributed by atoms with Crippen molar-refractivity contribution in [1.29, 1.82) is 0 Å². The second kappa shape index (κ2) is 20.2. The largest absolute Gasteiger partial charge is 0.311 e. The summed E-state index contributed by atoms with van der Waals surface area (Å²) < 4.78 is 0. The quantitative estimate of drug-likeness (QED) is 0.122. The first kappa shape index (κ1) is 45.0. The average Bonchev–Trinajstić information content (AvgIpc) is 3.67. The number of halogens is 2. The Balaban J connectivity index is 0.980. The Morgan fingerprint density at radius 1 is 0.352 bits per heavy atom. The third-order valence-corrected chi connectivity index (χ3v) is 13.9. The fraction of sp³-hybridized carbons (Fsp3) is 0.0152. The Morgan fingerprint density at radius 3 is 1.35 bits per heavy atom. The highest BCUT2D eigenvalue weighted by Crippen LogP contribution is 2.44. The van der Waals surface area contributed by atoms with E-state index in [9.17, 15) is 0 Å². The lowest BCUT2D eigenvalue weighted by Gasteiger charge is -2.31. The maximum absolute atomic E-state index is 7.15. The van der Waals surface area contributed by atoms with E-state index in [4.69, 9.17) is 23.2 Å². The van der Waals surface area contributed by atoms with Crippen LogP contribution in [0.5, 0.6) is 0 Å². The van der Waals surface area contributed by atoms with Gasteiger partial charge in [-0.1, -0.05) is 211 Å². The lowest BCUT2D eigenvalue weighted by Crippen LogP contribution is -2.23. The summed E-state index contributed by atoms with van der Waals surface area (Å²) in [6.45, 7) is 0. The van der Waals surface area contributed by atoms with Crippen molar-refractivity contribution in [2.75, 3.05) is 9.80 Å². The summed E-state index contributed by atoms with van der Waals surface area (Å²) in [5, 5.41) is 1.27. The van der Waals surface area contributed by atoms with Crippen molar-refractivity contribution in [3.8, 4) is 44.5 Å². The highest BCUT2D eigenvalue weighted by Gasteiger charge is 2.31. The highest BCUT2D eigenvalue weighted by molar-refractivity contribution is 6.36. The van der Waals surface area contributed by atoms with Gasteiger partial charge < -0.3 is 9.80 Å². The molecule has 0 saturated heterocycles. The van der Waals surface area contributed by atoms with Crippen LogP contribution in [-0.4, -0.2) is 4.98 Å². The Labute approximate surface area is 426 Å². The van der Waals surface area contributed by atoms with Crippen LogP contribution in [0, 0.1) is 0 Å². The van der Waals surface area contributed by atoms with Crippen molar-refractivity contribution in [3.63, 3.8) is 0 Å². The number of aromatic nitrogens is 1. The van der Waals surface area contributed by atoms with Crippen molar-refractivity contribution in [2.24, 2.45) is 0 Å². The normalized spacial score (nSPS) is 14.1. The minimum atomic E-state index is -0.604. The molecule has 1 atom stereocenters. The second-order valence-electron chi connectivity index (χ2n) is 17.5. The van der Waals surface area contributed by atoms with E-state index in [-0.39, 0.29) is 0 Å². The molecular weight excluding hydrogens is 906 g/mol. The molecule has 1 heterocycles. The molecule has 11 rings (SSSR count). The Hall–Kier alpha value is -8.47. The van der Waals surface area contributed by atoms with Gasteiger partial charge in [0.1, 0.15) is 0 Å². The molecule has 0 N–H and O–H groups in total. The smallest absolute Gasteiger partial charge is 0.0569 e. The zero-order chi connectivity index (χ0) is 48.0. The number of hydrogen-bond acceptors (Lipinski definition) is 3. The van der Waals surface area contributed by atoms with E-state index >= 15 is 0 Å². The number of pyridine rings is 1. The van der Waals surface area contributed by atoms with E-state index in [2.05, 4.69) is 245 Å². The monoisotopic (exact) mass is 951 g/mol. The number of hydrogen-bond donors (Lipinski definition) is 0. The van der Waals surface area contributed by atoms with Gasteiger partial charge in [0.15, 0.2) is 0 Å². The number of allylic oxidation sites excluding steroid dienone is 5. The first-order valence-corrected chi connectivity index (χ1v) is 24.5. The van der Waals surface area contributed by atoms with E-state index in [1.54, 1.807) is 6.20 Å². The second-order valence-corrected chi connectivity index (χ2v) is 18.3. The molecule has 9 aromatic carbocycles. The summed E-state index contributed by atoms with van der Waals surface area (Å²) >= 11 is 13.8. The minimum absolute atomic E-state index is 0.604. The van der Waals surface area contributed by atoms with Crippen molar-refractivity contribution < 1.29 is 0 Å². The van der Waals surface area contributed by atoms with Crippen LogP contribution in [0.2, 0.25) is 10.0 Å². The van der Waals surface area contributed by atoms with E-state index in [1.165, 1.54) is 11.1 Å². The van der Waals surface area contributed by atoms with Crippen LogP contribution < -0.4 is 9.80 Å². The van der Waals surface area contributed by atoms with E-state index < -0.39 is 5.41 Å². The van der Waals surface area contributed by atoms with Gasteiger partial charge in [-0.15, -0.1) is 0 Å². The van der Waals surface area contributed by atoms with Gasteiger partial charge in [-0.25, -0.2) is 0 Å². The molecule has 340 valence electrons. The summed E-state index contributed by atoms with van der Waals surface area (Å²) in [6.07, 6.45) is 15.1. The molecule has 5 heteroatoms. The third kappa shape index (κ3) is 9.37. The third-order valence-electron chi connectivity index (χ3n) is 13.2. The van der Waals surface area contributed by atoms with Crippen molar-refractivity contribution in [1.82, 2.24) is 4.98 Å². The lowest BCUT2D eigenvalue weighted by molar-refractivity contribution is 0.816. The molecule has 1 unspecified atom stereocenters. The molecule has 0 spiro atoms. The predicted molar refractivity (Wildman–Crippen MR) is 299 cm³/mol. The molecule has 0 bridgehead atoms. The fourth-order valence-corrected chi connectivity index (χ4v) is 10.1. The van der Waals surface area contributed by atoms with Crippen LogP contribution in [0.1, 0.15) is 11.1 Å². The topological polar surface area (TPSA) is 19.4 Å². The molecular formula is C66H47Cl2N3. The number of benzene rings is 9. The average molecular weight is 953 g/mol. The Bertz CT molecular complexity index is 3420. The van der Waals surface area contributed by atoms with Crippen molar-refractivity contribution >= 4 is 51.6 Å². The molecule has 0 saturated carbocycles. The zero-order valence-corrected chi connectivity index (χ0v) is 40.2. The van der Waals surface area contributed by atoms with E-state index in [1.807, 2.05) is 48.7 Å². The van der Waals surface area contributed by atoms with Crippen LogP contribution in [-0.2, 0) is 5.41 Å². The van der Waals surface area contributed by atoms with Gasteiger partial charge in [0.25, 0.3) is 0 Å². The first-order valence-electron chi connectivity index (χ1n) is 23.7. The van der Waals surface area contributed by atoms with Gasteiger partial charge >= 0.3 is 0 Å². The molecule has 1 aliphatic carbocycles. The summed E-state index contributed by atoms with van der Waals surface area (Å²) in [7, 11) is 0. The molecule has 0 radical (unpaired) electrons. The van der Waals surface area contributed by atoms with Gasteiger partial charge in [-0.3, -0.25) is 4.98 Å². The predicted octanol–water partition coefficient (Wildman–Crippen LogP) is 18.7. The maximum atomic E-state index is 7.15. The van der Waals surface area contributed by atoms with Crippen LogP contribution >= 0.6 is 23.2 Å². The molecule has 3 nitrogen and oxygen atoms in total. The number of rotatable bonds is 12. The lowest BCUT2D eigenvalue weighted by atomic mass is 9.74. The molecule has 1 aliphatic rings. The van der Waals surface area contributed by atoms with Crippen molar-refractivity contribution in [2.45, 2.75) is 5.41 Å². The maximum Gasteiger partial charge on any atom is 0.0569 e. The van der Waals surface area contributed by atoms with Gasteiger partial charge in [0.2, 0.25) is 0 Å². The first-order chi connectivity index (χ1) is 35.0. The van der Waals surface area contributed by atoms with Gasteiger partial charge in [0, 0.05) is 62.7 Å². The summed E-state index contributed by atoms with van der Waals surface area (Å²) in [5.74, 6) is 0. The van der Waals surface area contributed by atoms with E-state index in [0.29, 0.717) is 10.0 Å². The van der Waals surface area contributed by atoms with Crippen LogP contribution in [0.15, 0.2) is 291 Å². The Morgan fingerprint density at radius 2 is 0.803 bits per heavy atom. The minimum Gasteiger partial charge on any atom is -0.311 e. The highest BCUT2D eigenvalue weighted by atomic mass is 35.5. The van der Waals surface area contributed by atoms with Gasteiger partial charge in [-0.05, 0) is 129 Å². The zero-order valence-electron chi connectivity index (χ0n) is 38.7.